The van der Waals surface area contributed by atoms with Gasteiger partial charge in [-0.15, -0.1) is 0 Å². The van der Waals surface area contributed by atoms with E-state index in [0.29, 0.717) is 13.0 Å². The molecule has 28 heavy (non-hydrogen) atoms. The highest BCUT2D eigenvalue weighted by Gasteiger charge is 2.52. The minimum absolute atomic E-state index is 0.0658. The normalized spacial score (nSPS) is 21.9. The number of anilines is 1. The summed E-state index contributed by atoms with van der Waals surface area (Å²) in [5.74, 6) is -0.375. The number of imide groups is 1. The van der Waals surface area contributed by atoms with E-state index in [1.165, 1.54) is 24.3 Å². The monoisotopic (exact) mass is 406 g/mol. The smallest absolute Gasteiger partial charge is 0.323 e. The fourth-order valence-electron chi connectivity index (χ4n) is 4.22. The molecule has 0 atom stereocenters. The summed E-state index contributed by atoms with van der Waals surface area (Å²) in [6.07, 6.45) is 1.10. The first kappa shape index (κ1) is 18.9. The Kier molecular flexibility index (Phi) is 4.23. The molecule has 1 aromatic carbocycles. The Labute approximate surface area is 163 Å². The second-order valence-corrected chi connectivity index (χ2v) is 9.43. The predicted octanol–water partition coefficient (Wildman–Crippen LogP) is 0.301. The van der Waals surface area contributed by atoms with Gasteiger partial charge in [-0.25, -0.2) is 13.2 Å². The number of carbonyl (C=O) groups excluding carboxylic acids is 3. The molecule has 0 unspecified atom stereocenters. The molecule has 0 aliphatic carbocycles. The van der Waals surface area contributed by atoms with Crippen LogP contribution in [0.2, 0.25) is 0 Å². The second kappa shape index (κ2) is 6.28. The average Bonchev–Trinajstić information content (AvgIpc) is 3.18. The number of benzene rings is 1. The summed E-state index contributed by atoms with van der Waals surface area (Å²) in [6.45, 7) is 2.34. The number of hydrogen-bond donors (Lipinski definition) is 1. The maximum atomic E-state index is 13.1. The molecule has 9 nitrogen and oxygen atoms in total. The molecular formula is C18H22N4O5S. The number of urea groups is 1. The number of nitrogens with one attached hydrogen (secondary N) is 1. The first-order chi connectivity index (χ1) is 13.2. The maximum absolute atomic E-state index is 13.1. The SMILES string of the molecule is CC(=O)N1CCc2cc(S(=O)(=O)N3CCC4(CC3)NC(=O)N(C)C4=O)ccc21. The minimum Gasteiger partial charge on any atom is -0.323 e. The molecule has 1 spiro atoms. The number of hydrogen-bond acceptors (Lipinski definition) is 5. The number of carbonyl (C=O) groups is 3. The van der Waals surface area contributed by atoms with Crippen molar-refractivity contribution in [1.29, 1.82) is 0 Å². The summed E-state index contributed by atoms with van der Waals surface area (Å²) in [4.78, 5) is 38.7. The molecular weight excluding hydrogens is 384 g/mol. The molecule has 0 aromatic heterocycles. The van der Waals surface area contributed by atoms with E-state index < -0.39 is 21.6 Å². The lowest BCUT2D eigenvalue weighted by molar-refractivity contribution is -0.131. The van der Waals surface area contributed by atoms with Crippen molar-refractivity contribution in [1.82, 2.24) is 14.5 Å². The molecule has 2 saturated heterocycles. The van der Waals surface area contributed by atoms with Crippen LogP contribution in [0.15, 0.2) is 23.1 Å². The van der Waals surface area contributed by atoms with Crippen molar-refractivity contribution < 1.29 is 22.8 Å². The maximum Gasteiger partial charge on any atom is 0.324 e. The van der Waals surface area contributed by atoms with Crippen LogP contribution in [0.25, 0.3) is 0 Å². The largest absolute Gasteiger partial charge is 0.324 e. The number of likely N-dealkylation sites (N-methyl/N-ethyl adjacent to an activating group) is 1. The Morgan fingerprint density at radius 1 is 1.14 bits per heavy atom. The summed E-state index contributed by atoms with van der Waals surface area (Å²) < 4.78 is 27.5. The Bertz CT molecular complexity index is 982. The predicted molar refractivity (Wildman–Crippen MR) is 100 cm³/mol. The molecule has 4 rings (SSSR count). The third kappa shape index (κ3) is 2.70. The molecule has 4 amide bonds. The molecule has 1 N–H and O–H groups in total. The van der Waals surface area contributed by atoms with Crippen molar-refractivity contribution in [3.8, 4) is 0 Å². The van der Waals surface area contributed by atoms with Crippen LogP contribution >= 0.6 is 0 Å². The van der Waals surface area contributed by atoms with Crippen LogP contribution in [0.4, 0.5) is 10.5 Å². The quantitative estimate of drug-likeness (QED) is 0.711. The van der Waals surface area contributed by atoms with Crippen LogP contribution in [-0.2, 0) is 26.0 Å². The van der Waals surface area contributed by atoms with Gasteiger partial charge in [0.2, 0.25) is 15.9 Å². The van der Waals surface area contributed by atoms with Crippen molar-refractivity contribution >= 4 is 33.6 Å². The zero-order chi connectivity index (χ0) is 20.3. The van der Waals surface area contributed by atoms with Gasteiger partial charge in [0.05, 0.1) is 4.90 Å². The van der Waals surface area contributed by atoms with Crippen molar-refractivity contribution in [2.45, 2.75) is 36.6 Å². The fraction of sp³-hybridized carbons (Fsp3) is 0.500. The zero-order valence-corrected chi connectivity index (χ0v) is 16.6. The van der Waals surface area contributed by atoms with Crippen LogP contribution in [0.1, 0.15) is 25.3 Å². The van der Waals surface area contributed by atoms with Gasteiger partial charge in [0.1, 0.15) is 5.54 Å². The number of rotatable bonds is 2. The lowest BCUT2D eigenvalue weighted by Crippen LogP contribution is -2.55. The van der Waals surface area contributed by atoms with Crippen molar-refractivity contribution in [2.24, 2.45) is 0 Å². The van der Waals surface area contributed by atoms with Crippen LogP contribution in [0, 0.1) is 0 Å². The van der Waals surface area contributed by atoms with E-state index in [4.69, 9.17) is 0 Å². The number of sulfonamides is 1. The summed E-state index contributed by atoms with van der Waals surface area (Å²) in [5.41, 5.74) is 0.591. The van der Waals surface area contributed by atoms with Crippen LogP contribution in [0.5, 0.6) is 0 Å². The summed E-state index contributed by atoms with van der Waals surface area (Å²) in [6, 6.07) is 4.39. The van der Waals surface area contributed by atoms with E-state index in [2.05, 4.69) is 5.32 Å². The second-order valence-electron chi connectivity index (χ2n) is 7.49. The molecule has 3 aliphatic rings. The lowest BCUT2D eigenvalue weighted by atomic mass is 9.88. The van der Waals surface area contributed by atoms with Gasteiger partial charge in [-0.3, -0.25) is 14.5 Å². The highest BCUT2D eigenvalue weighted by molar-refractivity contribution is 7.89. The van der Waals surface area contributed by atoms with Crippen molar-refractivity contribution in [3.05, 3.63) is 23.8 Å². The molecule has 2 fully saturated rings. The third-order valence-corrected chi connectivity index (χ3v) is 7.80. The molecule has 0 bridgehead atoms. The first-order valence-corrected chi connectivity index (χ1v) is 10.6. The molecule has 0 radical (unpaired) electrons. The highest BCUT2D eigenvalue weighted by atomic mass is 32.2. The van der Waals surface area contributed by atoms with Gasteiger partial charge in [-0.2, -0.15) is 4.31 Å². The van der Waals surface area contributed by atoms with E-state index in [0.717, 1.165) is 16.2 Å². The number of piperidine rings is 1. The summed E-state index contributed by atoms with van der Waals surface area (Å²) >= 11 is 0. The van der Waals surface area contributed by atoms with E-state index in [1.54, 1.807) is 17.0 Å². The average molecular weight is 406 g/mol. The van der Waals surface area contributed by atoms with E-state index in [-0.39, 0.29) is 42.6 Å². The van der Waals surface area contributed by atoms with Crippen LogP contribution < -0.4 is 10.2 Å². The zero-order valence-electron chi connectivity index (χ0n) is 15.8. The molecule has 0 saturated carbocycles. The fourth-order valence-corrected chi connectivity index (χ4v) is 5.71. The standard InChI is InChI=1S/C18H22N4O5S/c1-12(23)22-8-5-13-11-14(3-4-15(13)22)28(26,27)21-9-6-18(7-10-21)16(24)20(2)17(25)19-18/h3-4,11H,5-10H2,1-2H3,(H,19,25). The Morgan fingerprint density at radius 3 is 2.39 bits per heavy atom. The van der Waals surface area contributed by atoms with E-state index >= 15 is 0 Å². The topological polar surface area (TPSA) is 107 Å². The number of amides is 4. The minimum atomic E-state index is -3.72. The molecule has 3 heterocycles. The van der Waals surface area contributed by atoms with Gasteiger partial charge < -0.3 is 10.2 Å². The summed E-state index contributed by atoms with van der Waals surface area (Å²) in [7, 11) is -2.30. The van der Waals surface area contributed by atoms with Crippen LogP contribution in [0.3, 0.4) is 0 Å². The van der Waals surface area contributed by atoms with Gasteiger partial charge in [0.15, 0.2) is 0 Å². The first-order valence-electron chi connectivity index (χ1n) is 9.17. The molecule has 3 aliphatic heterocycles. The van der Waals surface area contributed by atoms with E-state index in [1.807, 2.05) is 0 Å². The van der Waals surface area contributed by atoms with Gasteiger partial charge >= 0.3 is 6.03 Å². The van der Waals surface area contributed by atoms with Crippen molar-refractivity contribution in [2.75, 3.05) is 31.6 Å². The highest BCUT2D eigenvalue weighted by Crippen LogP contribution is 2.34. The van der Waals surface area contributed by atoms with Gasteiger partial charge in [-0.05, 0) is 43.0 Å². The Balaban J connectivity index is 1.54. The van der Waals surface area contributed by atoms with Crippen molar-refractivity contribution in [3.63, 3.8) is 0 Å². The number of nitrogens with zero attached hydrogens (tertiary/aromatic N) is 3. The number of fused-ring (bicyclic) bond motifs is 1. The van der Waals surface area contributed by atoms with Crippen LogP contribution in [-0.4, -0.2) is 67.7 Å². The molecule has 1 aromatic rings. The Hall–Kier alpha value is -2.46. The molecule has 150 valence electrons. The van der Waals surface area contributed by atoms with E-state index in [9.17, 15) is 22.8 Å². The van der Waals surface area contributed by atoms with Gasteiger partial charge in [-0.1, -0.05) is 0 Å². The van der Waals surface area contributed by atoms with Gasteiger partial charge in [0, 0.05) is 39.3 Å². The molecule has 10 heteroatoms. The third-order valence-electron chi connectivity index (χ3n) is 5.91. The summed E-state index contributed by atoms with van der Waals surface area (Å²) in [5, 5.41) is 2.71. The van der Waals surface area contributed by atoms with Gasteiger partial charge in [0.25, 0.3) is 5.91 Å². The Morgan fingerprint density at radius 2 is 1.82 bits per heavy atom. The lowest BCUT2D eigenvalue weighted by Gasteiger charge is -2.36.